The number of aromatic nitrogens is 2. The molecule has 21 heavy (non-hydrogen) atoms. The van der Waals surface area contributed by atoms with Crippen molar-refractivity contribution in [3.63, 3.8) is 0 Å². The van der Waals surface area contributed by atoms with E-state index in [0.717, 1.165) is 6.26 Å². The van der Waals surface area contributed by atoms with Crippen LogP contribution < -0.4 is 5.32 Å². The molecular weight excluding hydrogens is 300 g/mol. The SMILES string of the molecule is Cc1noc(CNC(=O)[C@@]2(C)CN(S(C)(=O)=O)CCO2)n1. The van der Waals surface area contributed by atoms with Gasteiger partial charge in [-0.15, -0.1) is 0 Å². The number of sulfonamides is 1. The van der Waals surface area contributed by atoms with E-state index < -0.39 is 21.5 Å². The molecule has 1 fully saturated rings. The number of hydrogen-bond acceptors (Lipinski definition) is 7. The number of hydrogen-bond donors (Lipinski definition) is 1. The number of ether oxygens (including phenoxy) is 1. The highest BCUT2D eigenvalue weighted by Gasteiger charge is 2.41. The average molecular weight is 318 g/mol. The molecule has 0 saturated carbocycles. The van der Waals surface area contributed by atoms with E-state index in [-0.39, 0.29) is 32.1 Å². The fraction of sp³-hybridized carbons (Fsp3) is 0.727. The molecule has 1 aromatic rings. The Kier molecular flexibility index (Phi) is 4.30. The highest BCUT2D eigenvalue weighted by atomic mass is 32.2. The molecule has 1 N–H and O–H groups in total. The minimum atomic E-state index is -3.36. The topological polar surface area (TPSA) is 115 Å². The van der Waals surface area contributed by atoms with Gasteiger partial charge in [-0.25, -0.2) is 8.42 Å². The first-order chi connectivity index (χ1) is 9.71. The number of morpholine rings is 1. The van der Waals surface area contributed by atoms with Crippen LogP contribution in [0.4, 0.5) is 0 Å². The van der Waals surface area contributed by atoms with E-state index in [1.165, 1.54) is 4.31 Å². The largest absolute Gasteiger partial charge is 0.363 e. The minimum Gasteiger partial charge on any atom is -0.363 e. The van der Waals surface area contributed by atoms with Gasteiger partial charge in [-0.3, -0.25) is 4.79 Å². The minimum absolute atomic E-state index is 0.0273. The van der Waals surface area contributed by atoms with Crippen LogP contribution in [0.3, 0.4) is 0 Å². The third-order valence-electron chi connectivity index (χ3n) is 3.16. The molecule has 0 aromatic carbocycles. The fourth-order valence-electron chi connectivity index (χ4n) is 2.01. The second-order valence-corrected chi connectivity index (χ2v) is 7.08. The standard InChI is InChI=1S/C11H18N4O5S/c1-8-13-9(20-14-8)6-12-10(16)11(2)7-15(4-5-19-11)21(3,17)18/h4-7H2,1-3H3,(H,12,16)/t11-/m1/s1. The molecule has 118 valence electrons. The third kappa shape index (κ3) is 3.77. The summed E-state index contributed by atoms with van der Waals surface area (Å²) in [6.45, 7) is 3.67. The van der Waals surface area contributed by atoms with Crippen molar-refractivity contribution in [3.05, 3.63) is 11.7 Å². The van der Waals surface area contributed by atoms with Crippen LogP contribution in [0.15, 0.2) is 4.52 Å². The van der Waals surface area contributed by atoms with Gasteiger partial charge in [-0.05, 0) is 13.8 Å². The van der Waals surface area contributed by atoms with Gasteiger partial charge < -0.3 is 14.6 Å². The maximum Gasteiger partial charge on any atom is 0.253 e. The van der Waals surface area contributed by atoms with E-state index in [4.69, 9.17) is 9.26 Å². The smallest absolute Gasteiger partial charge is 0.253 e. The highest BCUT2D eigenvalue weighted by molar-refractivity contribution is 7.88. The van der Waals surface area contributed by atoms with Crippen molar-refractivity contribution in [3.8, 4) is 0 Å². The van der Waals surface area contributed by atoms with Crippen molar-refractivity contribution in [1.29, 1.82) is 0 Å². The molecule has 1 saturated heterocycles. The van der Waals surface area contributed by atoms with Crippen molar-refractivity contribution >= 4 is 15.9 Å². The lowest BCUT2D eigenvalue weighted by Crippen LogP contribution is -2.59. The van der Waals surface area contributed by atoms with E-state index in [9.17, 15) is 13.2 Å². The highest BCUT2D eigenvalue weighted by Crippen LogP contribution is 2.20. The van der Waals surface area contributed by atoms with Crippen LogP contribution in [0.5, 0.6) is 0 Å². The van der Waals surface area contributed by atoms with Crippen LogP contribution in [-0.4, -0.2) is 60.3 Å². The van der Waals surface area contributed by atoms with E-state index in [2.05, 4.69) is 15.5 Å². The van der Waals surface area contributed by atoms with Gasteiger partial charge in [-0.1, -0.05) is 5.16 Å². The molecule has 1 aliphatic rings. The van der Waals surface area contributed by atoms with Crippen molar-refractivity contribution in [2.75, 3.05) is 26.0 Å². The zero-order valence-corrected chi connectivity index (χ0v) is 12.9. The van der Waals surface area contributed by atoms with Gasteiger partial charge in [0, 0.05) is 6.54 Å². The Labute approximate surface area is 122 Å². The average Bonchev–Trinajstić information content (AvgIpc) is 2.81. The Morgan fingerprint density at radius 3 is 2.81 bits per heavy atom. The van der Waals surface area contributed by atoms with Crippen molar-refractivity contribution in [2.24, 2.45) is 0 Å². The van der Waals surface area contributed by atoms with Gasteiger partial charge in [0.1, 0.15) is 0 Å². The van der Waals surface area contributed by atoms with Crippen LogP contribution in [0, 0.1) is 6.92 Å². The lowest BCUT2D eigenvalue weighted by atomic mass is 10.0. The summed E-state index contributed by atoms with van der Waals surface area (Å²) in [4.78, 5) is 16.2. The van der Waals surface area contributed by atoms with Gasteiger partial charge in [0.05, 0.1) is 26.0 Å². The second kappa shape index (κ2) is 5.70. The summed E-state index contributed by atoms with van der Waals surface area (Å²) in [5, 5.41) is 6.23. The monoisotopic (exact) mass is 318 g/mol. The van der Waals surface area contributed by atoms with Gasteiger partial charge >= 0.3 is 0 Å². The molecule has 0 aliphatic carbocycles. The second-order valence-electron chi connectivity index (χ2n) is 5.09. The zero-order chi connectivity index (χ0) is 15.7. The Hall–Kier alpha value is -1.52. The van der Waals surface area contributed by atoms with Crippen LogP contribution in [0.2, 0.25) is 0 Å². The molecule has 10 heteroatoms. The Morgan fingerprint density at radius 2 is 2.24 bits per heavy atom. The zero-order valence-electron chi connectivity index (χ0n) is 12.1. The lowest BCUT2D eigenvalue weighted by molar-refractivity contribution is -0.152. The van der Waals surface area contributed by atoms with E-state index in [1.807, 2.05) is 0 Å². The molecule has 2 rings (SSSR count). The first-order valence-electron chi connectivity index (χ1n) is 6.37. The van der Waals surface area contributed by atoms with Crippen LogP contribution in [0.1, 0.15) is 18.6 Å². The van der Waals surface area contributed by atoms with Crippen LogP contribution >= 0.6 is 0 Å². The Bertz CT molecular complexity index is 628. The lowest BCUT2D eigenvalue weighted by Gasteiger charge is -2.37. The number of carbonyl (C=O) groups excluding carboxylic acids is 1. The molecule has 9 nitrogen and oxygen atoms in total. The quantitative estimate of drug-likeness (QED) is 0.760. The molecule has 1 amide bonds. The number of carbonyl (C=O) groups is 1. The maximum absolute atomic E-state index is 12.2. The molecule has 1 aliphatic heterocycles. The molecule has 0 unspecified atom stereocenters. The number of amides is 1. The number of aryl methyl sites for hydroxylation is 1. The van der Waals surface area contributed by atoms with Gasteiger partial charge in [0.25, 0.3) is 5.91 Å². The summed E-state index contributed by atoms with van der Waals surface area (Å²) in [5.41, 5.74) is -1.24. The first kappa shape index (κ1) is 15.9. The van der Waals surface area contributed by atoms with Crippen LogP contribution in [0.25, 0.3) is 0 Å². The van der Waals surface area contributed by atoms with E-state index in [1.54, 1.807) is 13.8 Å². The predicted octanol–water partition coefficient (Wildman–Crippen LogP) is -0.955. The molecule has 1 atom stereocenters. The van der Waals surface area contributed by atoms with Gasteiger partial charge in [0.15, 0.2) is 11.4 Å². The summed E-state index contributed by atoms with van der Waals surface area (Å²) in [7, 11) is -3.36. The Balaban J connectivity index is 2.00. The Morgan fingerprint density at radius 1 is 1.52 bits per heavy atom. The van der Waals surface area contributed by atoms with Crippen molar-refractivity contribution in [1.82, 2.24) is 19.8 Å². The van der Waals surface area contributed by atoms with Gasteiger partial charge in [0.2, 0.25) is 15.9 Å². The van der Waals surface area contributed by atoms with Crippen molar-refractivity contribution in [2.45, 2.75) is 26.0 Å². The molecule has 1 aromatic heterocycles. The molecule has 0 bridgehead atoms. The molecule has 0 spiro atoms. The van der Waals surface area contributed by atoms with Crippen molar-refractivity contribution < 1.29 is 22.5 Å². The maximum atomic E-state index is 12.2. The normalized spacial score (nSPS) is 24.0. The summed E-state index contributed by atoms with van der Waals surface area (Å²) in [6, 6.07) is 0. The molecule has 0 radical (unpaired) electrons. The van der Waals surface area contributed by atoms with Crippen LogP contribution in [-0.2, 0) is 26.1 Å². The predicted molar refractivity (Wildman–Crippen MR) is 71.7 cm³/mol. The summed E-state index contributed by atoms with van der Waals surface area (Å²) in [6.07, 6.45) is 1.11. The number of rotatable bonds is 4. The number of nitrogens with one attached hydrogen (secondary N) is 1. The summed E-state index contributed by atoms with van der Waals surface area (Å²) < 4.78 is 34.7. The number of nitrogens with zero attached hydrogens (tertiary/aromatic N) is 3. The molecule has 2 heterocycles. The fourth-order valence-corrected chi connectivity index (χ4v) is 2.90. The van der Waals surface area contributed by atoms with E-state index >= 15 is 0 Å². The molecular formula is C11H18N4O5S. The third-order valence-corrected chi connectivity index (χ3v) is 4.41. The first-order valence-corrected chi connectivity index (χ1v) is 8.22. The summed E-state index contributed by atoms with van der Waals surface area (Å²) >= 11 is 0. The van der Waals surface area contributed by atoms with Gasteiger partial charge in [-0.2, -0.15) is 9.29 Å². The van der Waals surface area contributed by atoms with E-state index in [0.29, 0.717) is 5.82 Å². The summed E-state index contributed by atoms with van der Waals surface area (Å²) in [5.74, 6) is 0.328.